The minimum Gasteiger partial charge on any atom is -0.264 e. The van der Waals surface area contributed by atoms with E-state index in [4.69, 9.17) is 0 Å². The van der Waals surface area contributed by atoms with Crippen molar-refractivity contribution < 1.29 is 0 Å². The molecule has 3 heteroatoms. The number of pyridine rings is 3. The van der Waals surface area contributed by atoms with Crippen LogP contribution in [0.2, 0.25) is 0 Å². The summed E-state index contributed by atoms with van der Waals surface area (Å²) >= 11 is 0. The van der Waals surface area contributed by atoms with E-state index in [1.165, 1.54) is 5.56 Å². The molecule has 104 valence electrons. The molecule has 3 rings (SSSR count). The predicted octanol–water partition coefficient (Wildman–Crippen LogP) is 3.44. The van der Waals surface area contributed by atoms with Crippen molar-refractivity contribution in [3.63, 3.8) is 0 Å². The van der Waals surface area contributed by atoms with Crippen LogP contribution in [-0.4, -0.2) is 15.0 Å². The lowest BCUT2D eigenvalue weighted by Crippen LogP contribution is -2.09. The van der Waals surface area contributed by atoms with E-state index in [2.05, 4.69) is 33.2 Å². The van der Waals surface area contributed by atoms with Gasteiger partial charge in [-0.05, 0) is 48.7 Å². The Hall–Kier alpha value is -2.55. The predicted molar refractivity (Wildman–Crippen MR) is 82.9 cm³/mol. The number of rotatable bonds is 5. The van der Waals surface area contributed by atoms with Crippen LogP contribution in [0.4, 0.5) is 0 Å². The number of hydrogen-bond acceptors (Lipinski definition) is 3. The molecule has 1 unspecified atom stereocenters. The molecule has 3 nitrogen and oxygen atoms in total. The van der Waals surface area contributed by atoms with Gasteiger partial charge >= 0.3 is 0 Å². The van der Waals surface area contributed by atoms with E-state index >= 15 is 0 Å². The molecule has 0 radical (unpaired) electrons. The van der Waals surface area contributed by atoms with Crippen LogP contribution in [0.15, 0.2) is 73.3 Å². The van der Waals surface area contributed by atoms with Crippen LogP contribution < -0.4 is 0 Å². The molecule has 0 fully saturated rings. The van der Waals surface area contributed by atoms with Crippen molar-refractivity contribution in [2.75, 3.05) is 0 Å². The van der Waals surface area contributed by atoms with E-state index in [1.54, 1.807) is 6.20 Å². The van der Waals surface area contributed by atoms with E-state index in [0.717, 1.165) is 24.2 Å². The molecule has 0 spiro atoms. The molecule has 0 aliphatic heterocycles. The molecular weight excluding hydrogens is 258 g/mol. The molecule has 0 saturated heterocycles. The lowest BCUT2D eigenvalue weighted by molar-refractivity contribution is 0.647. The number of nitrogens with zero attached hydrogens (tertiary/aromatic N) is 3. The summed E-state index contributed by atoms with van der Waals surface area (Å²) in [5.74, 6) is 0.310. The highest BCUT2D eigenvalue weighted by atomic mass is 14.7. The Labute approximate surface area is 124 Å². The highest BCUT2D eigenvalue weighted by molar-refractivity contribution is 5.19. The second-order valence-electron chi connectivity index (χ2n) is 5.04. The topological polar surface area (TPSA) is 38.7 Å². The highest BCUT2D eigenvalue weighted by Crippen LogP contribution is 2.22. The van der Waals surface area contributed by atoms with E-state index in [0.29, 0.717) is 5.92 Å². The molecular formula is C18H17N3. The first-order valence-corrected chi connectivity index (χ1v) is 7.11. The summed E-state index contributed by atoms with van der Waals surface area (Å²) in [5.41, 5.74) is 3.42. The summed E-state index contributed by atoms with van der Waals surface area (Å²) in [4.78, 5) is 13.2. The summed E-state index contributed by atoms with van der Waals surface area (Å²) in [6.45, 7) is 0. The fourth-order valence-electron chi connectivity index (χ4n) is 2.47. The summed E-state index contributed by atoms with van der Waals surface area (Å²) in [6.07, 6.45) is 9.22. The lowest BCUT2D eigenvalue weighted by atomic mass is 9.92. The molecule has 0 aliphatic rings. The van der Waals surface area contributed by atoms with Gasteiger partial charge in [0, 0.05) is 42.1 Å². The van der Waals surface area contributed by atoms with Gasteiger partial charge in [0.25, 0.3) is 0 Å². The van der Waals surface area contributed by atoms with Gasteiger partial charge in [0.1, 0.15) is 0 Å². The molecule has 3 aromatic rings. The van der Waals surface area contributed by atoms with Gasteiger partial charge < -0.3 is 0 Å². The Bertz CT molecular complexity index is 612. The minimum atomic E-state index is 0.310. The highest BCUT2D eigenvalue weighted by Gasteiger charge is 2.15. The van der Waals surface area contributed by atoms with Crippen molar-refractivity contribution in [3.8, 4) is 0 Å². The van der Waals surface area contributed by atoms with Crippen molar-refractivity contribution in [2.24, 2.45) is 0 Å². The molecule has 3 heterocycles. The van der Waals surface area contributed by atoms with Crippen molar-refractivity contribution in [3.05, 3.63) is 90.3 Å². The molecule has 0 amide bonds. The summed E-state index contributed by atoms with van der Waals surface area (Å²) in [6, 6.07) is 16.2. The Kier molecular flexibility index (Phi) is 4.32. The van der Waals surface area contributed by atoms with Crippen LogP contribution in [0.3, 0.4) is 0 Å². The second-order valence-corrected chi connectivity index (χ2v) is 5.04. The van der Waals surface area contributed by atoms with Gasteiger partial charge in [-0.3, -0.25) is 15.0 Å². The van der Waals surface area contributed by atoms with Crippen LogP contribution >= 0.6 is 0 Å². The molecule has 0 bridgehead atoms. The smallest absolute Gasteiger partial charge is 0.0441 e. The molecule has 0 saturated carbocycles. The minimum absolute atomic E-state index is 0.310. The van der Waals surface area contributed by atoms with Gasteiger partial charge in [-0.2, -0.15) is 0 Å². The van der Waals surface area contributed by atoms with E-state index in [-0.39, 0.29) is 0 Å². The summed E-state index contributed by atoms with van der Waals surface area (Å²) in [5, 5.41) is 0. The third kappa shape index (κ3) is 3.72. The van der Waals surface area contributed by atoms with Gasteiger partial charge in [0.15, 0.2) is 0 Å². The van der Waals surface area contributed by atoms with Gasteiger partial charge in [-0.1, -0.05) is 18.2 Å². The van der Waals surface area contributed by atoms with Crippen molar-refractivity contribution in [1.82, 2.24) is 15.0 Å². The van der Waals surface area contributed by atoms with Crippen LogP contribution in [0, 0.1) is 0 Å². The molecule has 0 aromatic carbocycles. The first-order valence-electron chi connectivity index (χ1n) is 7.11. The quantitative estimate of drug-likeness (QED) is 0.716. The zero-order valence-electron chi connectivity index (χ0n) is 11.8. The van der Waals surface area contributed by atoms with Gasteiger partial charge in [0.2, 0.25) is 0 Å². The fourth-order valence-corrected chi connectivity index (χ4v) is 2.47. The molecule has 21 heavy (non-hydrogen) atoms. The molecule has 0 N–H and O–H groups in total. The number of hydrogen-bond donors (Lipinski definition) is 0. The Balaban J connectivity index is 1.84. The van der Waals surface area contributed by atoms with E-state index in [1.807, 2.05) is 48.9 Å². The van der Waals surface area contributed by atoms with Crippen LogP contribution in [0.5, 0.6) is 0 Å². The lowest BCUT2D eigenvalue weighted by Gasteiger charge is -2.16. The van der Waals surface area contributed by atoms with Crippen LogP contribution in [-0.2, 0) is 12.8 Å². The van der Waals surface area contributed by atoms with Gasteiger partial charge in [-0.15, -0.1) is 0 Å². The zero-order chi connectivity index (χ0) is 14.3. The first kappa shape index (κ1) is 13.4. The maximum Gasteiger partial charge on any atom is 0.0441 e. The third-order valence-corrected chi connectivity index (χ3v) is 3.49. The van der Waals surface area contributed by atoms with E-state index < -0.39 is 0 Å². The zero-order valence-corrected chi connectivity index (χ0v) is 11.8. The normalized spacial score (nSPS) is 12.0. The van der Waals surface area contributed by atoms with Crippen LogP contribution in [0.25, 0.3) is 0 Å². The maximum atomic E-state index is 4.52. The Morgan fingerprint density at radius 3 is 2.29 bits per heavy atom. The van der Waals surface area contributed by atoms with Crippen molar-refractivity contribution in [2.45, 2.75) is 18.8 Å². The van der Waals surface area contributed by atoms with E-state index in [9.17, 15) is 0 Å². The second kappa shape index (κ2) is 6.75. The average molecular weight is 275 g/mol. The molecule has 1 atom stereocenters. The SMILES string of the molecule is c1ccc(CC(Cc2cccnc2)c2ccccn2)nc1. The summed E-state index contributed by atoms with van der Waals surface area (Å²) in [7, 11) is 0. The average Bonchev–Trinajstić information content (AvgIpc) is 2.57. The third-order valence-electron chi connectivity index (χ3n) is 3.49. The van der Waals surface area contributed by atoms with Gasteiger partial charge in [0.05, 0.1) is 0 Å². The number of aromatic nitrogens is 3. The largest absolute Gasteiger partial charge is 0.264 e. The van der Waals surface area contributed by atoms with Crippen LogP contribution in [0.1, 0.15) is 22.9 Å². The Morgan fingerprint density at radius 1 is 0.762 bits per heavy atom. The standard InChI is InChI=1S/C18H17N3/c1-3-10-20-17(7-1)13-16(18-8-2-4-11-21-18)12-15-6-5-9-19-14-15/h1-11,14,16H,12-13H2. The maximum absolute atomic E-state index is 4.52. The first-order chi connectivity index (χ1) is 10.4. The Morgan fingerprint density at radius 2 is 1.62 bits per heavy atom. The molecule has 0 aliphatic carbocycles. The molecule has 3 aromatic heterocycles. The fraction of sp³-hybridized carbons (Fsp3) is 0.167. The monoisotopic (exact) mass is 275 g/mol. The van der Waals surface area contributed by atoms with Crippen molar-refractivity contribution in [1.29, 1.82) is 0 Å². The van der Waals surface area contributed by atoms with Crippen molar-refractivity contribution >= 4 is 0 Å². The van der Waals surface area contributed by atoms with Gasteiger partial charge in [-0.25, -0.2) is 0 Å². The summed E-state index contributed by atoms with van der Waals surface area (Å²) < 4.78 is 0.